The first-order chi connectivity index (χ1) is 17.2. The van der Waals surface area contributed by atoms with Gasteiger partial charge in [0.15, 0.2) is 17.0 Å². The summed E-state index contributed by atoms with van der Waals surface area (Å²) in [6.07, 6.45) is -1.12. The molecule has 0 spiro atoms. The summed E-state index contributed by atoms with van der Waals surface area (Å²) < 4.78 is 6.30. The van der Waals surface area contributed by atoms with E-state index >= 15 is 0 Å². The Morgan fingerprint density at radius 1 is 1.28 bits per heavy atom. The minimum Gasteiger partial charge on any atom is -0.453 e. The molecular formula is C22H23Cl2N7O5. The van der Waals surface area contributed by atoms with Crippen LogP contribution in [0.15, 0.2) is 24.5 Å². The maximum absolute atomic E-state index is 12.5. The summed E-state index contributed by atoms with van der Waals surface area (Å²) in [4.78, 5) is 37.2. The second-order valence-electron chi connectivity index (χ2n) is 8.79. The summed E-state index contributed by atoms with van der Waals surface area (Å²) in [6, 6.07) is 4.34. The molecule has 2 fully saturated rings. The number of hydrogen-bond donors (Lipinski definition) is 5. The highest BCUT2D eigenvalue weighted by Crippen LogP contribution is 2.67. The Balaban J connectivity index is 1.46. The lowest BCUT2D eigenvalue weighted by atomic mass is 9.98. The first-order valence-corrected chi connectivity index (χ1v) is 11.8. The minimum atomic E-state index is -1.22. The largest absolute Gasteiger partial charge is 0.453 e. The Hall–Kier alpha value is -3.19. The number of carbonyl (C=O) groups excluding carboxylic acids is 2. The smallest absolute Gasteiger partial charge is 0.411 e. The molecule has 5 N–H and O–H groups in total. The number of aliphatic hydroxyl groups excluding tert-OH is 2. The molecule has 0 aliphatic heterocycles. The minimum absolute atomic E-state index is 0.0628. The maximum atomic E-state index is 12.5. The number of rotatable bonds is 6. The molecule has 1 aromatic carbocycles. The summed E-state index contributed by atoms with van der Waals surface area (Å²) in [5.74, 6) is -0.281. The highest BCUT2D eigenvalue weighted by atomic mass is 35.5. The van der Waals surface area contributed by atoms with E-state index in [-0.39, 0.29) is 23.7 Å². The van der Waals surface area contributed by atoms with Gasteiger partial charge in [-0.1, -0.05) is 11.6 Å². The number of hydrogen-bond acceptors (Lipinski definition) is 9. The topological polar surface area (TPSA) is 164 Å². The lowest BCUT2D eigenvalue weighted by Crippen LogP contribution is -2.41. The van der Waals surface area contributed by atoms with Crippen molar-refractivity contribution in [3.63, 3.8) is 0 Å². The number of nitrogens with one attached hydrogen (secondary N) is 3. The summed E-state index contributed by atoms with van der Waals surface area (Å²) in [5, 5.41) is 30.3. The van der Waals surface area contributed by atoms with E-state index in [4.69, 9.17) is 23.2 Å². The van der Waals surface area contributed by atoms with Gasteiger partial charge in [0.2, 0.25) is 11.2 Å². The van der Waals surface area contributed by atoms with Gasteiger partial charge >= 0.3 is 6.09 Å². The van der Waals surface area contributed by atoms with Crippen LogP contribution < -0.4 is 16.0 Å². The summed E-state index contributed by atoms with van der Waals surface area (Å²) in [7, 11) is 2.77. The van der Waals surface area contributed by atoms with E-state index in [2.05, 4.69) is 35.6 Å². The normalized spacial score (nSPS) is 26.4. The van der Waals surface area contributed by atoms with E-state index in [1.807, 2.05) is 0 Å². The molecule has 5 rings (SSSR count). The first-order valence-electron chi connectivity index (χ1n) is 11.1. The number of ether oxygens (including phenoxy) is 1. The van der Waals surface area contributed by atoms with Gasteiger partial charge in [-0.2, -0.15) is 9.97 Å². The molecule has 0 unspecified atom stereocenters. The number of carbonyl (C=O) groups is 2. The predicted octanol–water partition coefficient (Wildman–Crippen LogP) is 1.95. The van der Waals surface area contributed by atoms with Crippen molar-refractivity contribution >= 4 is 57.9 Å². The van der Waals surface area contributed by atoms with Crippen molar-refractivity contribution in [1.82, 2.24) is 24.8 Å². The molecule has 2 saturated carbocycles. The number of anilines is 2. The SMILES string of the molecule is CNC(=O)[C@@]12C[C@@H]1[C@@H](n1cnc3c(NCc4cc(Cl)ccc4NC(=O)OC)nc(Cl)nc31)[C@H](O)[C@@H]2O. The zero-order valence-electron chi connectivity index (χ0n) is 19.2. The van der Waals surface area contributed by atoms with Gasteiger partial charge in [0.25, 0.3) is 0 Å². The summed E-state index contributed by atoms with van der Waals surface area (Å²) in [6.45, 7) is 0.197. The zero-order chi connectivity index (χ0) is 25.8. The Morgan fingerprint density at radius 2 is 2.06 bits per heavy atom. The third kappa shape index (κ3) is 3.81. The van der Waals surface area contributed by atoms with Crippen LogP contribution in [0.25, 0.3) is 11.2 Å². The Morgan fingerprint density at radius 3 is 2.78 bits per heavy atom. The van der Waals surface area contributed by atoms with Gasteiger partial charge in [-0.3, -0.25) is 10.1 Å². The molecule has 0 radical (unpaired) electrons. The highest BCUT2D eigenvalue weighted by Gasteiger charge is 2.75. The van der Waals surface area contributed by atoms with Gasteiger partial charge in [-0.25, -0.2) is 9.78 Å². The van der Waals surface area contributed by atoms with Gasteiger partial charge < -0.3 is 30.2 Å². The molecule has 190 valence electrons. The van der Waals surface area contributed by atoms with Crippen molar-refractivity contribution in [2.75, 3.05) is 24.8 Å². The van der Waals surface area contributed by atoms with Gasteiger partial charge in [0, 0.05) is 30.2 Å². The van der Waals surface area contributed by atoms with Crippen molar-refractivity contribution in [2.45, 2.75) is 31.2 Å². The van der Waals surface area contributed by atoms with Gasteiger partial charge in [-0.05, 0) is 41.8 Å². The number of halogens is 2. The van der Waals surface area contributed by atoms with Crippen molar-refractivity contribution < 1.29 is 24.5 Å². The van der Waals surface area contributed by atoms with Crippen LogP contribution in [0.1, 0.15) is 18.0 Å². The zero-order valence-corrected chi connectivity index (χ0v) is 20.7. The van der Waals surface area contributed by atoms with E-state index in [1.54, 1.807) is 22.8 Å². The number of amides is 2. The summed E-state index contributed by atoms with van der Waals surface area (Å²) in [5.41, 5.74) is 0.820. The molecule has 2 aliphatic carbocycles. The van der Waals surface area contributed by atoms with E-state index in [9.17, 15) is 19.8 Å². The molecule has 5 atom stereocenters. The number of aromatic nitrogens is 4. The monoisotopic (exact) mass is 535 g/mol. The van der Waals surface area contributed by atoms with E-state index in [0.717, 1.165) is 0 Å². The van der Waals surface area contributed by atoms with Gasteiger partial charge in [0.05, 0.1) is 31.0 Å². The van der Waals surface area contributed by atoms with Gasteiger partial charge in [-0.15, -0.1) is 0 Å². The van der Waals surface area contributed by atoms with Crippen LogP contribution in [0.3, 0.4) is 0 Å². The standard InChI is InChI=1S/C22H23Cl2N7O5/c1-25-19(34)22-6-11(22)14(15(32)16(22)33)31-8-27-13-17(29-20(24)30-18(13)31)26-7-9-5-10(23)3-4-12(9)28-21(35)36-2/h3-5,8,11,14-16,32-33H,6-7H2,1-2H3,(H,25,34)(H,28,35)(H,26,29,30)/t11-,14-,15+,16+,22+/m1/s1. The fourth-order valence-electron chi connectivity index (χ4n) is 5.19. The molecular weight excluding hydrogens is 513 g/mol. The molecule has 2 amide bonds. The molecule has 0 saturated heterocycles. The third-order valence-electron chi connectivity index (χ3n) is 6.97. The molecule has 3 aromatic rings. The number of imidazole rings is 1. The summed E-state index contributed by atoms with van der Waals surface area (Å²) >= 11 is 12.4. The molecule has 14 heteroatoms. The van der Waals surface area contributed by atoms with Crippen molar-refractivity contribution in [3.8, 4) is 0 Å². The van der Waals surface area contributed by atoms with Crippen LogP contribution >= 0.6 is 23.2 Å². The first kappa shape index (κ1) is 24.5. The van der Waals surface area contributed by atoms with Crippen LogP contribution in [0.5, 0.6) is 0 Å². The van der Waals surface area contributed by atoms with Crippen LogP contribution in [-0.4, -0.2) is 68.1 Å². The van der Waals surface area contributed by atoms with Gasteiger partial charge in [0.1, 0.15) is 6.10 Å². The molecule has 36 heavy (non-hydrogen) atoms. The van der Waals surface area contributed by atoms with E-state index in [1.165, 1.54) is 20.5 Å². The van der Waals surface area contributed by atoms with E-state index < -0.39 is 29.8 Å². The lowest BCUT2D eigenvalue weighted by Gasteiger charge is -2.23. The number of benzene rings is 1. The fraction of sp³-hybridized carbons (Fsp3) is 0.409. The maximum Gasteiger partial charge on any atom is 0.411 e. The van der Waals surface area contributed by atoms with Crippen molar-refractivity contribution in [1.29, 1.82) is 0 Å². The fourth-order valence-corrected chi connectivity index (χ4v) is 5.55. The van der Waals surface area contributed by atoms with Crippen LogP contribution in [0.4, 0.5) is 16.3 Å². The van der Waals surface area contributed by atoms with Crippen LogP contribution in [-0.2, 0) is 16.1 Å². The Bertz CT molecular complexity index is 1370. The van der Waals surface area contributed by atoms with E-state index in [0.29, 0.717) is 39.7 Å². The predicted molar refractivity (Wildman–Crippen MR) is 131 cm³/mol. The average Bonchev–Trinajstić information content (AvgIpc) is 3.40. The Kier molecular flexibility index (Phi) is 6.15. The second-order valence-corrected chi connectivity index (χ2v) is 9.57. The number of methoxy groups -OCH3 is 1. The molecule has 2 aliphatic rings. The average molecular weight is 536 g/mol. The van der Waals surface area contributed by atoms with Crippen molar-refractivity contribution in [2.24, 2.45) is 11.3 Å². The highest BCUT2D eigenvalue weighted by molar-refractivity contribution is 6.30. The third-order valence-corrected chi connectivity index (χ3v) is 7.38. The second kappa shape index (κ2) is 9.04. The molecule has 2 heterocycles. The number of fused-ring (bicyclic) bond motifs is 2. The number of aliphatic hydroxyl groups is 2. The molecule has 12 nitrogen and oxygen atoms in total. The Labute approximate surface area is 215 Å². The lowest BCUT2D eigenvalue weighted by molar-refractivity contribution is -0.132. The number of nitrogens with zero attached hydrogens (tertiary/aromatic N) is 4. The van der Waals surface area contributed by atoms with Crippen LogP contribution in [0, 0.1) is 11.3 Å². The van der Waals surface area contributed by atoms with Crippen LogP contribution in [0.2, 0.25) is 10.3 Å². The molecule has 2 aromatic heterocycles. The van der Waals surface area contributed by atoms with Crippen molar-refractivity contribution in [3.05, 3.63) is 40.4 Å². The quantitative estimate of drug-likeness (QED) is 0.296. The molecule has 0 bridgehead atoms.